The molecule has 7 heteroatoms. The molecule has 0 radical (unpaired) electrons. The van der Waals surface area contributed by atoms with Crippen LogP contribution in [-0.2, 0) is 0 Å². The number of nitrogens with zero attached hydrogens (tertiary/aromatic N) is 1. The fourth-order valence-corrected chi connectivity index (χ4v) is 1.31. The SMILES string of the molecule is O=C(Nc1ccc(C(=O)O)cc1)Nc1cn[nH]c1. The van der Waals surface area contributed by atoms with Crippen LogP contribution in [0.15, 0.2) is 36.7 Å². The van der Waals surface area contributed by atoms with Gasteiger partial charge in [-0.1, -0.05) is 0 Å². The van der Waals surface area contributed by atoms with Gasteiger partial charge in [-0.05, 0) is 24.3 Å². The fourth-order valence-electron chi connectivity index (χ4n) is 1.31. The van der Waals surface area contributed by atoms with Crippen molar-refractivity contribution in [2.75, 3.05) is 10.6 Å². The average molecular weight is 246 g/mol. The number of carbonyl (C=O) groups is 2. The number of aromatic nitrogens is 2. The highest BCUT2D eigenvalue weighted by molar-refractivity contribution is 5.99. The lowest BCUT2D eigenvalue weighted by Crippen LogP contribution is -2.19. The third-order valence-corrected chi connectivity index (χ3v) is 2.15. The third-order valence-electron chi connectivity index (χ3n) is 2.15. The van der Waals surface area contributed by atoms with E-state index < -0.39 is 12.0 Å². The molecule has 1 aromatic heterocycles. The highest BCUT2D eigenvalue weighted by Gasteiger charge is 2.05. The zero-order chi connectivity index (χ0) is 13.0. The van der Waals surface area contributed by atoms with E-state index in [4.69, 9.17) is 5.11 Å². The molecule has 0 aliphatic heterocycles. The molecular formula is C11H10N4O3. The summed E-state index contributed by atoms with van der Waals surface area (Å²) in [5.41, 5.74) is 1.20. The molecule has 0 bridgehead atoms. The molecule has 0 saturated heterocycles. The minimum Gasteiger partial charge on any atom is -0.478 e. The van der Waals surface area contributed by atoms with Gasteiger partial charge in [-0.3, -0.25) is 5.10 Å². The Balaban J connectivity index is 1.97. The topological polar surface area (TPSA) is 107 Å². The normalized spacial score (nSPS) is 9.78. The van der Waals surface area contributed by atoms with Crippen molar-refractivity contribution < 1.29 is 14.7 Å². The first-order valence-corrected chi connectivity index (χ1v) is 5.05. The maximum Gasteiger partial charge on any atom is 0.335 e. The summed E-state index contributed by atoms with van der Waals surface area (Å²) in [6.45, 7) is 0. The van der Waals surface area contributed by atoms with Crippen LogP contribution in [0.1, 0.15) is 10.4 Å². The Morgan fingerprint density at radius 1 is 1.11 bits per heavy atom. The van der Waals surface area contributed by atoms with Crippen molar-refractivity contribution in [2.24, 2.45) is 0 Å². The van der Waals surface area contributed by atoms with Crippen LogP contribution < -0.4 is 10.6 Å². The molecule has 0 spiro atoms. The first-order valence-electron chi connectivity index (χ1n) is 5.05. The number of benzene rings is 1. The number of H-pyrrole nitrogens is 1. The van der Waals surface area contributed by atoms with Gasteiger partial charge in [-0.15, -0.1) is 0 Å². The highest BCUT2D eigenvalue weighted by Crippen LogP contribution is 2.10. The Morgan fingerprint density at radius 3 is 2.33 bits per heavy atom. The third kappa shape index (κ3) is 2.85. The van der Waals surface area contributed by atoms with Crippen LogP contribution in [0.5, 0.6) is 0 Å². The van der Waals surface area contributed by atoms with Crippen molar-refractivity contribution in [3.05, 3.63) is 42.2 Å². The number of carbonyl (C=O) groups excluding carboxylic acids is 1. The summed E-state index contributed by atoms with van der Waals surface area (Å²) >= 11 is 0. The zero-order valence-electron chi connectivity index (χ0n) is 9.18. The molecule has 0 aliphatic rings. The standard InChI is InChI=1S/C11H10N4O3/c16-10(17)7-1-3-8(4-2-7)14-11(18)15-9-5-12-13-6-9/h1-6H,(H,12,13)(H,16,17)(H2,14,15,18). The van der Waals surface area contributed by atoms with E-state index in [2.05, 4.69) is 20.8 Å². The van der Waals surface area contributed by atoms with E-state index in [0.29, 0.717) is 11.4 Å². The second-order valence-electron chi connectivity index (χ2n) is 3.45. The number of rotatable bonds is 3. The number of anilines is 2. The molecule has 0 unspecified atom stereocenters. The summed E-state index contributed by atoms with van der Waals surface area (Å²) in [5, 5.41) is 20.1. The quantitative estimate of drug-likeness (QED) is 0.661. The van der Waals surface area contributed by atoms with Crippen LogP contribution in [0.4, 0.5) is 16.2 Å². The van der Waals surface area contributed by atoms with Crippen LogP contribution in [0.2, 0.25) is 0 Å². The molecule has 4 N–H and O–H groups in total. The Morgan fingerprint density at radius 2 is 1.78 bits per heavy atom. The summed E-state index contributed by atoms with van der Waals surface area (Å²) in [6, 6.07) is 5.42. The molecule has 0 aliphatic carbocycles. The van der Waals surface area contributed by atoms with Gasteiger partial charge in [0.1, 0.15) is 0 Å². The van der Waals surface area contributed by atoms with Crippen molar-refractivity contribution in [3.63, 3.8) is 0 Å². The van der Waals surface area contributed by atoms with Gasteiger partial charge >= 0.3 is 12.0 Å². The highest BCUT2D eigenvalue weighted by atomic mass is 16.4. The van der Waals surface area contributed by atoms with E-state index in [9.17, 15) is 9.59 Å². The lowest BCUT2D eigenvalue weighted by Gasteiger charge is -2.05. The number of carboxylic acids is 1. The maximum absolute atomic E-state index is 11.5. The van der Waals surface area contributed by atoms with E-state index in [1.807, 2.05) is 0 Å². The number of hydrogen-bond donors (Lipinski definition) is 4. The number of aromatic carboxylic acids is 1. The molecule has 92 valence electrons. The van der Waals surface area contributed by atoms with Crippen molar-refractivity contribution in [1.29, 1.82) is 0 Å². The monoisotopic (exact) mass is 246 g/mol. The van der Waals surface area contributed by atoms with Crippen LogP contribution in [0.25, 0.3) is 0 Å². The molecule has 1 aromatic carbocycles. The van der Waals surface area contributed by atoms with Crippen molar-refractivity contribution in [2.45, 2.75) is 0 Å². The van der Waals surface area contributed by atoms with E-state index in [0.717, 1.165) is 0 Å². The van der Waals surface area contributed by atoms with Gasteiger partial charge < -0.3 is 15.7 Å². The van der Waals surface area contributed by atoms with E-state index in [1.54, 1.807) is 0 Å². The molecule has 0 atom stereocenters. The number of nitrogens with one attached hydrogen (secondary N) is 3. The number of carboxylic acid groups (broad SMARTS) is 1. The van der Waals surface area contributed by atoms with Crippen LogP contribution >= 0.6 is 0 Å². The molecule has 18 heavy (non-hydrogen) atoms. The van der Waals surface area contributed by atoms with Crippen molar-refractivity contribution in [3.8, 4) is 0 Å². The van der Waals surface area contributed by atoms with Crippen LogP contribution in [-0.4, -0.2) is 27.3 Å². The lowest BCUT2D eigenvalue weighted by atomic mass is 10.2. The Kier molecular flexibility index (Phi) is 3.24. The molecule has 1 heterocycles. The summed E-state index contributed by atoms with van der Waals surface area (Å²) < 4.78 is 0. The van der Waals surface area contributed by atoms with Crippen molar-refractivity contribution in [1.82, 2.24) is 10.2 Å². The Labute approximate surface area is 102 Å². The molecule has 2 rings (SSSR count). The number of aromatic amines is 1. The molecule has 2 aromatic rings. The molecule has 0 saturated carbocycles. The van der Waals surface area contributed by atoms with Gasteiger partial charge in [0.25, 0.3) is 0 Å². The minimum atomic E-state index is -1.01. The van der Waals surface area contributed by atoms with Crippen LogP contribution in [0.3, 0.4) is 0 Å². The summed E-state index contributed by atoms with van der Waals surface area (Å²) in [4.78, 5) is 22.2. The number of amides is 2. The number of hydrogen-bond acceptors (Lipinski definition) is 3. The summed E-state index contributed by atoms with van der Waals surface area (Å²) in [6.07, 6.45) is 3.00. The van der Waals surface area contributed by atoms with Gasteiger partial charge in [0.05, 0.1) is 17.4 Å². The fraction of sp³-hybridized carbons (Fsp3) is 0. The summed E-state index contributed by atoms with van der Waals surface area (Å²) in [7, 11) is 0. The smallest absolute Gasteiger partial charge is 0.335 e. The summed E-state index contributed by atoms with van der Waals surface area (Å²) in [5.74, 6) is -1.01. The molecule has 0 fully saturated rings. The van der Waals surface area contributed by atoms with Crippen LogP contribution in [0, 0.1) is 0 Å². The largest absolute Gasteiger partial charge is 0.478 e. The second kappa shape index (κ2) is 5.00. The first kappa shape index (κ1) is 11.6. The lowest BCUT2D eigenvalue weighted by molar-refractivity contribution is 0.0697. The average Bonchev–Trinajstić information content (AvgIpc) is 2.82. The van der Waals surface area contributed by atoms with Gasteiger partial charge in [0.2, 0.25) is 0 Å². The number of urea groups is 1. The van der Waals surface area contributed by atoms with Gasteiger partial charge in [0, 0.05) is 11.9 Å². The zero-order valence-corrected chi connectivity index (χ0v) is 9.18. The Bertz CT molecular complexity index is 548. The molecule has 2 amide bonds. The predicted octanol–water partition coefficient (Wildman–Crippen LogP) is 1.75. The first-order chi connectivity index (χ1) is 8.65. The molecule has 7 nitrogen and oxygen atoms in total. The van der Waals surface area contributed by atoms with Crippen molar-refractivity contribution >= 4 is 23.4 Å². The minimum absolute atomic E-state index is 0.163. The second-order valence-corrected chi connectivity index (χ2v) is 3.45. The molecular weight excluding hydrogens is 236 g/mol. The van der Waals surface area contributed by atoms with Gasteiger partial charge in [0.15, 0.2) is 0 Å². The van der Waals surface area contributed by atoms with Gasteiger partial charge in [-0.25, -0.2) is 9.59 Å². The van der Waals surface area contributed by atoms with E-state index in [1.165, 1.54) is 36.7 Å². The van der Waals surface area contributed by atoms with E-state index >= 15 is 0 Å². The Hall–Kier alpha value is -2.83. The predicted molar refractivity (Wildman–Crippen MR) is 64.6 cm³/mol. The van der Waals surface area contributed by atoms with Gasteiger partial charge in [-0.2, -0.15) is 5.10 Å². The maximum atomic E-state index is 11.5. The van der Waals surface area contributed by atoms with E-state index in [-0.39, 0.29) is 5.56 Å².